The third-order valence-electron chi connectivity index (χ3n) is 3.52. The van der Waals surface area contributed by atoms with Crippen LogP contribution in [0.3, 0.4) is 0 Å². The number of nitrogens with one attached hydrogen (secondary N) is 1. The second-order valence-electron chi connectivity index (χ2n) is 5.20. The molecule has 0 aliphatic carbocycles. The highest BCUT2D eigenvalue weighted by Gasteiger charge is 2.13. The summed E-state index contributed by atoms with van der Waals surface area (Å²) in [5.41, 5.74) is 1.10. The van der Waals surface area contributed by atoms with Gasteiger partial charge in [0, 0.05) is 11.6 Å². The van der Waals surface area contributed by atoms with Gasteiger partial charge in [-0.25, -0.2) is 0 Å². The second kappa shape index (κ2) is 8.01. The van der Waals surface area contributed by atoms with Gasteiger partial charge in [-0.05, 0) is 12.1 Å². The minimum atomic E-state index is -0.311. The van der Waals surface area contributed by atoms with Crippen molar-refractivity contribution in [3.8, 4) is 22.8 Å². The second-order valence-corrected chi connectivity index (χ2v) is 5.20. The van der Waals surface area contributed by atoms with Crippen LogP contribution in [0.1, 0.15) is 10.5 Å². The number of ether oxygens (including phenoxy) is 2. The minimum Gasteiger partial charge on any atom is -0.493 e. The quantitative estimate of drug-likeness (QED) is 0.670. The standard InChI is InChI=1S/C19H18N2O4/c1-23-16-9-5-6-10-17(16)24-12-11-20-19(22)15-13-18(25-21-15)14-7-3-2-4-8-14/h2-10,13H,11-12H2,1H3,(H,20,22). The Morgan fingerprint density at radius 2 is 1.80 bits per heavy atom. The lowest BCUT2D eigenvalue weighted by Gasteiger charge is -2.10. The van der Waals surface area contributed by atoms with Crippen LogP contribution >= 0.6 is 0 Å². The van der Waals surface area contributed by atoms with Gasteiger partial charge in [0.1, 0.15) is 6.61 Å². The van der Waals surface area contributed by atoms with Gasteiger partial charge in [-0.3, -0.25) is 4.79 Å². The molecule has 25 heavy (non-hydrogen) atoms. The SMILES string of the molecule is COc1ccccc1OCCNC(=O)c1cc(-c2ccccc2)on1. The summed E-state index contributed by atoms with van der Waals surface area (Å²) >= 11 is 0. The number of carbonyl (C=O) groups excluding carboxylic acids is 1. The first-order valence-electron chi connectivity index (χ1n) is 7.84. The lowest BCUT2D eigenvalue weighted by Crippen LogP contribution is -2.28. The largest absolute Gasteiger partial charge is 0.493 e. The summed E-state index contributed by atoms with van der Waals surface area (Å²) in [4.78, 5) is 12.1. The molecule has 2 aromatic carbocycles. The van der Waals surface area contributed by atoms with E-state index in [0.717, 1.165) is 5.56 Å². The van der Waals surface area contributed by atoms with E-state index in [2.05, 4.69) is 10.5 Å². The normalized spacial score (nSPS) is 10.3. The molecule has 0 aliphatic heterocycles. The third-order valence-corrected chi connectivity index (χ3v) is 3.52. The lowest BCUT2D eigenvalue weighted by molar-refractivity contribution is 0.0938. The molecule has 3 aromatic rings. The molecule has 0 bridgehead atoms. The van der Waals surface area contributed by atoms with Crippen LogP contribution in [-0.2, 0) is 0 Å². The van der Waals surface area contributed by atoms with Crippen LogP contribution in [0.2, 0.25) is 0 Å². The number of rotatable bonds is 7. The maximum atomic E-state index is 12.1. The number of hydrogen-bond donors (Lipinski definition) is 1. The van der Waals surface area contributed by atoms with Crippen LogP contribution in [0.5, 0.6) is 11.5 Å². The Morgan fingerprint density at radius 1 is 1.08 bits per heavy atom. The van der Waals surface area contributed by atoms with Crippen LogP contribution in [0, 0.1) is 0 Å². The topological polar surface area (TPSA) is 73.6 Å². The molecule has 1 heterocycles. The number of para-hydroxylation sites is 2. The monoisotopic (exact) mass is 338 g/mol. The molecule has 0 fully saturated rings. The Bertz CT molecular complexity index is 830. The van der Waals surface area contributed by atoms with E-state index < -0.39 is 0 Å². The molecular formula is C19H18N2O4. The zero-order valence-corrected chi connectivity index (χ0v) is 13.8. The van der Waals surface area contributed by atoms with E-state index in [-0.39, 0.29) is 11.6 Å². The van der Waals surface area contributed by atoms with Gasteiger partial charge in [-0.2, -0.15) is 0 Å². The molecule has 0 unspecified atom stereocenters. The fourth-order valence-electron chi connectivity index (χ4n) is 2.27. The summed E-state index contributed by atoms with van der Waals surface area (Å²) in [5.74, 6) is 1.52. The van der Waals surface area contributed by atoms with Gasteiger partial charge in [0.25, 0.3) is 5.91 Å². The Hall–Kier alpha value is -3.28. The van der Waals surface area contributed by atoms with Gasteiger partial charge >= 0.3 is 0 Å². The molecule has 3 rings (SSSR count). The Balaban J connectivity index is 1.51. The van der Waals surface area contributed by atoms with Crippen LogP contribution in [0.4, 0.5) is 0 Å². The van der Waals surface area contributed by atoms with Crippen molar-refractivity contribution in [3.05, 3.63) is 66.4 Å². The summed E-state index contributed by atoms with van der Waals surface area (Å²) in [5, 5.41) is 6.55. The van der Waals surface area contributed by atoms with Crippen LogP contribution < -0.4 is 14.8 Å². The predicted octanol–water partition coefficient (Wildman–Crippen LogP) is 3.16. The van der Waals surface area contributed by atoms with Crippen LogP contribution in [0.15, 0.2) is 65.2 Å². The highest BCUT2D eigenvalue weighted by molar-refractivity contribution is 5.93. The number of methoxy groups -OCH3 is 1. The van der Waals surface area contributed by atoms with Crippen molar-refractivity contribution in [2.45, 2.75) is 0 Å². The molecule has 0 radical (unpaired) electrons. The van der Waals surface area contributed by atoms with Crippen LogP contribution in [0.25, 0.3) is 11.3 Å². The van der Waals surface area contributed by atoms with Crippen molar-refractivity contribution < 1.29 is 18.8 Å². The van der Waals surface area contributed by atoms with Crippen molar-refractivity contribution >= 4 is 5.91 Å². The minimum absolute atomic E-state index is 0.233. The molecular weight excluding hydrogens is 320 g/mol. The van der Waals surface area contributed by atoms with Crippen molar-refractivity contribution in [2.75, 3.05) is 20.3 Å². The molecule has 0 aliphatic rings. The highest BCUT2D eigenvalue weighted by atomic mass is 16.5. The number of carbonyl (C=O) groups is 1. The van der Waals surface area contributed by atoms with Gasteiger partial charge in [0.15, 0.2) is 23.0 Å². The molecule has 0 spiro atoms. The van der Waals surface area contributed by atoms with E-state index in [4.69, 9.17) is 14.0 Å². The van der Waals surface area contributed by atoms with E-state index in [1.54, 1.807) is 13.2 Å². The Labute approximate surface area is 145 Å². The first-order valence-corrected chi connectivity index (χ1v) is 7.84. The van der Waals surface area contributed by atoms with E-state index >= 15 is 0 Å². The maximum Gasteiger partial charge on any atom is 0.273 e. The summed E-state index contributed by atoms with van der Waals surface area (Å²) in [7, 11) is 1.58. The first kappa shape index (κ1) is 16.6. The fraction of sp³-hybridized carbons (Fsp3) is 0.158. The van der Waals surface area contributed by atoms with E-state index in [9.17, 15) is 4.79 Å². The molecule has 1 amide bonds. The summed E-state index contributed by atoms with van der Waals surface area (Å²) in [6, 6.07) is 18.4. The molecule has 6 nitrogen and oxygen atoms in total. The number of benzene rings is 2. The highest BCUT2D eigenvalue weighted by Crippen LogP contribution is 2.25. The predicted molar refractivity (Wildman–Crippen MR) is 92.8 cm³/mol. The molecule has 1 aromatic heterocycles. The Morgan fingerprint density at radius 3 is 2.56 bits per heavy atom. The summed E-state index contributed by atoms with van der Waals surface area (Å²) < 4.78 is 16.0. The number of aromatic nitrogens is 1. The van der Waals surface area contributed by atoms with Crippen LogP contribution in [-0.4, -0.2) is 31.3 Å². The average molecular weight is 338 g/mol. The van der Waals surface area contributed by atoms with Crippen molar-refractivity contribution in [3.63, 3.8) is 0 Å². The number of nitrogens with zero attached hydrogens (tertiary/aromatic N) is 1. The third kappa shape index (κ3) is 4.17. The van der Waals surface area contributed by atoms with Gasteiger partial charge < -0.3 is 19.3 Å². The molecule has 0 atom stereocenters. The summed E-state index contributed by atoms with van der Waals surface area (Å²) in [6.07, 6.45) is 0. The maximum absolute atomic E-state index is 12.1. The fourth-order valence-corrected chi connectivity index (χ4v) is 2.27. The molecule has 0 saturated heterocycles. The van der Waals surface area contributed by atoms with Crippen molar-refractivity contribution in [1.82, 2.24) is 10.5 Å². The lowest BCUT2D eigenvalue weighted by atomic mass is 10.1. The van der Waals surface area contributed by atoms with Gasteiger partial charge in [-0.1, -0.05) is 47.6 Å². The summed E-state index contributed by atoms with van der Waals surface area (Å²) in [6.45, 7) is 0.653. The van der Waals surface area contributed by atoms with Crippen molar-refractivity contribution in [2.24, 2.45) is 0 Å². The zero-order chi connectivity index (χ0) is 17.5. The number of amides is 1. The molecule has 0 saturated carbocycles. The first-order chi connectivity index (χ1) is 12.3. The smallest absolute Gasteiger partial charge is 0.273 e. The zero-order valence-electron chi connectivity index (χ0n) is 13.8. The molecule has 1 N–H and O–H groups in total. The van der Waals surface area contributed by atoms with E-state index in [1.165, 1.54) is 0 Å². The van der Waals surface area contributed by atoms with Gasteiger partial charge in [0.05, 0.1) is 13.7 Å². The molecule has 6 heteroatoms. The van der Waals surface area contributed by atoms with Crippen molar-refractivity contribution in [1.29, 1.82) is 0 Å². The van der Waals surface area contributed by atoms with E-state index in [1.807, 2.05) is 54.6 Å². The molecule has 128 valence electrons. The van der Waals surface area contributed by atoms with Gasteiger partial charge in [-0.15, -0.1) is 0 Å². The van der Waals surface area contributed by atoms with E-state index in [0.29, 0.717) is 30.4 Å². The van der Waals surface area contributed by atoms with Gasteiger partial charge in [0.2, 0.25) is 0 Å². The average Bonchev–Trinajstić information content (AvgIpc) is 3.16. The number of hydrogen-bond acceptors (Lipinski definition) is 5. The Kier molecular flexibility index (Phi) is 5.31.